The Morgan fingerprint density at radius 1 is 1.24 bits per heavy atom. The number of hydrogen-bond donors (Lipinski definition) is 3. The van der Waals surface area contributed by atoms with E-state index in [-0.39, 0.29) is 17.4 Å². The SMILES string of the molecule is NCCn1cnc(-c2nc(-c3ccc(O)c(O)c3)no2)c1. The smallest absolute Gasteiger partial charge is 0.278 e. The van der Waals surface area contributed by atoms with E-state index in [1.165, 1.54) is 12.1 Å². The minimum Gasteiger partial charge on any atom is -0.504 e. The fraction of sp³-hybridized carbons (Fsp3) is 0.154. The van der Waals surface area contributed by atoms with Crippen LogP contribution >= 0.6 is 0 Å². The summed E-state index contributed by atoms with van der Waals surface area (Å²) in [6.45, 7) is 1.16. The van der Waals surface area contributed by atoms with Crippen molar-refractivity contribution < 1.29 is 14.7 Å². The monoisotopic (exact) mass is 287 g/mol. The molecular weight excluding hydrogens is 274 g/mol. The van der Waals surface area contributed by atoms with E-state index in [0.717, 1.165) is 0 Å². The van der Waals surface area contributed by atoms with Crippen LogP contribution < -0.4 is 5.73 Å². The van der Waals surface area contributed by atoms with Crippen LogP contribution in [0.3, 0.4) is 0 Å². The summed E-state index contributed by atoms with van der Waals surface area (Å²) in [6, 6.07) is 4.30. The Hall–Kier alpha value is -2.87. The molecule has 2 heterocycles. The van der Waals surface area contributed by atoms with Gasteiger partial charge in [-0.15, -0.1) is 0 Å². The average molecular weight is 287 g/mol. The van der Waals surface area contributed by atoms with Crippen LogP contribution in [0.15, 0.2) is 35.2 Å². The van der Waals surface area contributed by atoms with Gasteiger partial charge in [0.2, 0.25) is 5.82 Å². The summed E-state index contributed by atoms with van der Waals surface area (Å²) in [7, 11) is 0. The molecule has 4 N–H and O–H groups in total. The lowest BCUT2D eigenvalue weighted by Crippen LogP contribution is -2.07. The van der Waals surface area contributed by atoms with Crippen molar-refractivity contribution in [1.29, 1.82) is 0 Å². The lowest BCUT2D eigenvalue weighted by molar-refractivity contribution is 0.404. The third-order valence-electron chi connectivity index (χ3n) is 2.90. The molecule has 3 aromatic rings. The summed E-state index contributed by atoms with van der Waals surface area (Å²) >= 11 is 0. The summed E-state index contributed by atoms with van der Waals surface area (Å²) in [5.74, 6) is 0.121. The van der Waals surface area contributed by atoms with E-state index in [9.17, 15) is 10.2 Å². The molecule has 0 amide bonds. The van der Waals surface area contributed by atoms with Crippen molar-refractivity contribution in [3.8, 4) is 34.5 Å². The summed E-state index contributed by atoms with van der Waals surface area (Å²) in [5, 5.41) is 22.6. The number of phenols is 2. The second kappa shape index (κ2) is 5.25. The average Bonchev–Trinajstić information content (AvgIpc) is 3.11. The van der Waals surface area contributed by atoms with E-state index in [2.05, 4.69) is 15.1 Å². The molecule has 0 aliphatic rings. The van der Waals surface area contributed by atoms with Crippen LogP contribution in [0.25, 0.3) is 23.0 Å². The first-order chi connectivity index (χ1) is 10.2. The molecule has 21 heavy (non-hydrogen) atoms. The minimum atomic E-state index is -0.244. The highest BCUT2D eigenvalue weighted by Crippen LogP contribution is 2.29. The predicted molar refractivity (Wildman–Crippen MR) is 73.3 cm³/mol. The fourth-order valence-electron chi connectivity index (χ4n) is 1.85. The maximum atomic E-state index is 9.48. The quantitative estimate of drug-likeness (QED) is 0.611. The normalized spacial score (nSPS) is 10.9. The molecule has 8 heteroatoms. The van der Waals surface area contributed by atoms with Gasteiger partial charge in [0.25, 0.3) is 5.89 Å². The Morgan fingerprint density at radius 3 is 2.86 bits per heavy atom. The number of aromatic nitrogens is 4. The summed E-state index contributed by atoms with van der Waals surface area (Å²) in [6.07, 6.45) is 3.40. The van der Waals surface area contributed by atoms with E-state index in [0.29, 0.717) is 30.2 Å². The number of benzene rings is 1. The van der Waals surface area contributed by atoms with Gasteiger partial charge in [0.05, 0.1) is 6.33 Å². The molecule has 2 aromatic heterocycles. The van der Waals surface area contributed by atoms with Gasteiger partial charge in [0.15, 0.2) is 11.5 Å². The molecule has 0 radical (unpaired) electrons. The highest BCUT2D eigenvalue weighted by Gasteiger charge is 2.14. The fourth-order valence-corrected chi connectivity index (χ4v) is 1.85. The number of aromatic hydroxyl groups is 2. The van der Waals surface area contributed by atoms with Crippen LogP contribution in [-0.4, -0.2) is 36.4 Å². The van der Waals surface area contributed by atoms with Crippen LogP contribution in [-0.2, 0) is 6.54 Å². The first kappa shape index (κ1) is 13.1. The third kappa shape index (κ3) is 2.56. The molecule has 0 unspecified atom stereocenters. The van der Waals surface area contributed by atoms with Crippen molar-refractivity contribution in [2.24, 2.45) is 5.73 Å². The van der Waals surface area contributed by atoms with Gasteiger partial charge in [-0.25, -0.2) is 4.98 Å². The number of imidazole rings is 1. The van der Waals surface area contributed by atoms with Crippen molar-refractivity contribution in [2.75, 3.05) is 6.54 Å². The van der Waals surface area contributed by atoms with Gasteiger partial charge in [-0.1, -0.05) is 5.16 Å². The Bertz CT molecular complexity index is 765. The summed E-state index contributed by atoms with van der Waals surface area (Å²) < 4.78 is 6.98. The van der Waals surface area contributed by atoms with Crippen LogP contribution in [0.2, 0.25) is 0 Å². The third-order valence-corrected chi connectivity index (χ3v) is 2.90. The maximum absolute atomic E-state index is 9.48. The van der Waals surface area contributed by atoms with Crippen molar-refractivity contribution in [3.63, 3.8) is 0 Å². The molecule has 0 fully saturated rings. The molecule has 0 bridgehead atoms. The van der Waals surface area contributed by atoms with Gasteiger partial charge in [0.1, 0.15) is 5.69 Å². The largest absolute Gasteiger partial charge is 0.504 e. The lowest BCUT2D eigenvalue weighted by atomic mass is 10.2. The highest BCUT2D eigenvalue weighted by atomic mass is 16.5. The molecule has 8 nitrogen and oxygen atoms in total. The zero-order valence-electron chi connectivity index (χ0n) is 11.0. The first-order valence-corrected chi connectivity index (χ1v) is 6.25. The van der Waals surface area contributed by atoms with E-state index < -0.39 is 0 Å². The van der Waals surface area contributed by atoms with Crippen molar-refractivity contribution in [3.05, 3.63) is 30.7 Å². The van der Waals surface area contributed by atoms with E-state index in [1.54, 1.807) is 18.6 Å². The lowest BCUT2D eigenvalue weighted by Gasteiger charge is -1.98. The molecule has 0 spiro atoms. The Kier molecular flexibility index (Phi) is 3.28. The second-order valence-electron chi connectivity index (χ2n) is 4.41. The Labute approximate surface area is 119 Å². The topological polar surface area (TPSA) is 123 Å². The summed E-state index contributed by atoms with van der Waals surface area (Å²) in [4.78, 5) is 8.38. The number of nitrogens with two attached hydrogens (primary N) is 1. The number of rotatable bonds is 4. The van der Waals surface area contributed by atoms with Gasteiger partial charge in [0, 0.05) is 24.8 Å². The first-order valence-electron chi connectivity index (χ1n) is 6.25. The molecule has 0 saturated heterocycles. The molecule has 0 atom stereocenters. The van der Waals surface area contributed by atoms with Crippen molar-refractivity contribution in [2.45, 2.75) is 6.54 Å². The van der Waals surface area contributed by atoms with Crippen LogP contribution in [0.1, 0.15) is 0 Å². The second-order valence-corrected chi connectivity index (χ2v) is 4.41. The zero-order valence-corrected chi connectivity index (χ0v) is 11.0. The number of phenolic OH excluding ortho intramolecular Hbond substituents is 2. The van der Waals surface area contributed by atoms with Crippen LogP contribution in [0.4, 0.5) is 0 Å². The standard InChI is InChI=1S/C13H13N5O3/c14-3-4-18-6-9(15-7-18)13-16-12(17-21-13)8-1-2-10(19)11(20)5-8/h1-2,5-7,19-20H,3-4,14H2. The van der Waals surface area contributed by atoms with E-state index in [1.807, 2.05) is 4.57 Å². The van der Waals surface area contributed by atoms with Gasteiger partial charge >= 0.3 is 0 Å². The molecule has 3 rings (SSSR count). The summed E-state index contributed by atoms with van der Waals surface area (Å²) in [5.41, 5.74) is 6.55. The van der Waals surface area contributed by atoms with Crippen molar-refractivity contribution in [1.82, 2.24) is 19.7 Å². The number of nitrogens with zero attached hydrogens (tertiary/aromatic N) is 4. The van der Waals surface area contributed by atoms with Crippen LogP contribution in [0.5, 0.6) is 11.5 Å². The molecule has 108 valence electrons. The van der Waals surface area contributed by atoms with E-state index >= 15 is 0 Å². The Balaban J connectivity index is 1.89. The van der Waals surface area contributed by atoms with Gasteiger partial charge in [-0.2, -0.15) is 4.98 Å². The van der Waals surface area contributed by atoms with E-state index in [4.69, 9.17) is 10.3 Å². The highest BCUT2D eigenvalue weighted by molar-refractivity contribution is 5.61. The number of hydrogen-bond acceptors (Lipinski definition) is 7. The van der Waals surface area contributed by atoms with Gasteiger partial charge in [-0.05, 0) is 18.2 Å². The zero-order chi connectivity index (χ0) is 14.8. The molecular formula is C13H13N5O3. The minimum absolute atomic E-state index is 0.206. The molecule has 0 saturated carbocycles. The molecule has 0 aliphatic carbocycles. The van der Waals surface area contributed by atoms with Crippen molar-refractivity contribution >= 4 is 0 Å². The van der Waals surface area contributed by atoms with Gasteiger partial charge in [-0.3, -0.25) is 0 Å². The predicted octanol–water partition coefficient (Wildman–Crippen LogP) is 0.970. The molecule has 0 aliphatic heterocycles. The maximum Gasteiger partial charge on any atom is 0.278 e. The molecule has 1 aromatic carbocycles. The van der Waals surface area contributed by atoms with Gasteiger partial charge < -0.3 is 25.0 Å². The Morgan fingerprint density at radius 2 is 2.10 bits per heavy atom. The van der Waals surface area contributed by atoms with Crippen LogP contribution in [0, 0.1) is 0 Å².